The minimum absolute atomic E-state index is 0.138. The van der Waals surface area contributed by atoms with Crippen LogP contribution in [0.2, 0.25) is 0 Å². The van der Waals surface area contributed by atoms with Crippen LogP contribution in [0.3, 0.4) is 0 Å². The Hall–Kier alpha value is -3.05. The highest BCUT2D eigenvalue weighted by atomic mass is 19.4. The number of fused-ring (bicyclic) bond motifs is 2. The number of benzene rings is 1. The van der Waals surface area contributed by atoms with Crippen LogP contribution in [0.15, 0.2) is 24.5 Å². The zero-order valence-electron chi connectivity index (χ0n) is 20.5. The SMILES string of the molecule is CN1CCN(c2nn(C3CCOCC3)c3c2CNCC3)c2cc(C(F)(F)F)c(-c3cnn(C)c3)cc21. The third-order valence-electron chi connectivity index (χ3n) is 7.53. The molecule has 0 atom stereocenters. The van der Waals surface area contributed by atoms with E-state index in [-0.39, 0.29) is 11.6 Å². The van der Waals surface area contributed by atoms with Gasteiger partial charge in [-0.1, -0.05) is 0 Å². The van der Waals surface area contributed by atoms with E-state index in [1.165, 1.54) is 22.6 Å². The zero-order chi connectivity index (χ0) is 25.0. The molecule has 3 aliphatic heterocycles. The van der Waals surface area contributed by atoms with Crippen molar-refractivity contribution in [1.82, 2.24) is 24.9 Å². The number of aromatic nitrogens is 4. The van der Waals surface area contributed by atoms with E-state index in [1.807, 2.05) is 16.8 Å². The van der Waals surface area contributed by atoms with Crippen LogP contribution in [0.4, 0.5) is 30.4 Å². The number of aryl methyl sites for hydroxylation is 1. The number of rotatable bonds is 3. The van der Waals surface area contributed by atoms with Crippen LogP contribution in [-0.2, 0) is 30.9 Å². The monoisotopic (exact) mass is 501 g/mol. The Labute approximate surface area is 207 Å². The standard InChI is InChI=1S/C25H30F3N7O/c1-32-7-8-34(24-19-14-29-6-3-21(19)35(31-24)17-4-9-36-10-5-17)23-12-20(25(26,27)28)18(11-22(23)32)16-13-30-33(2)15-16/h11-13,15,17,29H,3-10,14H2,1-2H3. The van der Waals surface area contributed by atoms with Crippen LogP contribution in [0, 0.1) is 0 Å². The van der Waals surface area contributed by atoms with Crippen LogP contribution >= 0.6 is 0 Å². The van der Waals surface area contributed by atoms with Gasteiger partial charge in [-0.2, -0.15) is 23.4 Å². The summed E-state index contributed by atoms with van der Waals surface area (Å²) in [7, 11) is 3.63. The summed E-state index contributed by atoms with van der Waals surface area (Å²) in [6.45, 7) is 4.18. The summed E-state index contributed by atoms with van der Waals surface area (Å²) in [6.07, 6.45) is 1.24. The summed E-state index contributed by atoms with van der Waals surface area (Å²) in [4.78, 5) is 4.01. The highest BCUT2D eigenvalue weighted by Gasteiger charge is 2.38. The van der Waals surface area contributed by atoms with E-state index in [0.29, 0.717) is 44.1 Å². The van der Waals surface area contributed by atoms with Crippen LogP contribution < -0.4 is 15.1 Å². The van der Waals surface area contributed by atoms with E-state index in [4.69, 9.17) is 9.84 Å². The van der Waals surface area contributed by atoms with E-state index >= 15 is 0 Å². The molecule has 0 unspecified atom stereocenters. The maximum absolute atomic E-state index is 14.4. The first-order chi connectivity index (χ1) is 17.3. The lowest BCUT2D eigenvalue weighted by Crippen LogP contribution is -2.38. The van der Waals surface area contributed by atoms with Gasteiger partial charge in [0, 0.05) is 82.9 Å². The summed E-state index contributed by atoms with van der Waals surface area (Å²) in [5.41, 5.74) is 3.50. The number of nitrogens with zero attached hydrogens (tertiary/aromatic N) is 6. The molecule has 0 saturated carbocycles. The van der Waals surface area contributed by atoms with E-state index in [9.17, 15) is 13.2 Å². The molecule has 36 heavy (non-hydrogen) atoms. The van der Waals surface area contributed by atoms with E-state index in [1.54, 1.807) is 19.3 Å². The lowest BCUT2D eigenvalue weighted by Gasteiger charge is -2.37. The summed E-state index contributed by atoms with van der Waals surface area (Å²) in [5.74, 6) is 0.764. The molecule has 1 fully saturated rings. The Kier molecular flexibility index (Phi) is 5.71. The van der Waals surface area contributed by atoms with Gasteiger partial charge in [-0.3, -0.25) is 9.36 Å². The van der Waals surface area contributed by atoms with E-state index in [2.05, 4.69) is 15.1 Å². The number of nitrogens with one attached hydrogen (secondary N) is 1. The fourth-order valence-corrected chi connectivity index (χ4v) is 5.65. The lowest BCUT2D eigenvalue weighted by molar-refractivity contribution is -0.137. The fourth-order valence-electron chi connectivity index (χ4n) is 5.65. The molecule has 0 amide bonds. The first-order valence-corrected chi connectivity index (χ1v) is 12.4. The summed E-state index contributed by atoms with van der Waals surface area (Å²) in [5, 5.41) is 12.6. The fraction of sp³-hybridized carbons (Fsp3) is 0.520. The molecule has 0 bridgehead atoms. The average molecular weight is 502 g/mol. The molecule has 0 radical (unpaired) electrons. The van der Waals surface area contributed by atoms with Crippen molar-refractivity contribution >= 4 is 17.2 Å². The van der Waals surface area contributed by atoms with Gasteiger partial charge in [-0.05, 0) is 30.5 Å². The lowest BCUT2D eigenvalue weighted by atomic mass is 9.97. The van der Waals surface area contributed by atoms with Crippen LogP contribution in [0.25, 0.3) is 11.1 Å². The molecule has 1 N–H and O–H groups in total. The molecular weight excluding hydrogens is 471 g/mol. The molecule has 1 saturated heterocycles. The van der Waals surface area contributed by atoms with Gasteiger partial charge in [0.2, 0.25) is 0 Å². The highest BCUT2D eigenvalue weighted by molar-refractivity contribution is 5.86. The molecule has 0 aliphatic carbocycles. The van der Waals surface area contributed by atoms with Crippen molar-refractivity contribution in [3.8, 4) is 11.1 Å². The molecule has 11 heteroatoms. The molecule has 0 spiro atoms. The van der Waals surface area contributed by atoms with Gasteiger partial charge in [0.15, 0.2) is 5.82 Å². The first-order valence-electron chi connectivity index (χ1n) is 12.4. The number of halogens is 3. The Balaban J connectivity index is 1.50. The summed E-state index contributed by atoms with van der Waals surface area (Å²) in [6, 6.07) is 3.20. The minimum atomic E-state index is -4.51. The van der Waals surface area contributed by atoms with Crippen molar-refractivity contribution in [3.63, 3.8) is 0 Å². The quantitative estimate of drug-likeness (QED) is 0.588. The Morgan fingerprint density at radius 1 is 1.08 bits per heavy atom. The van der Waals surface area contributed by atoms with Gasteiger partial charge in [0.1, 0.15) is 0 Å². The van der Waals surface area contributed by atoms with Crippen LogP contribution in [0.5, 0.6) is 0 Å². The third kappa shape index (κ3) is 3.94. The molecule has 6 rings (SSSR count). The van der Waals surface area contributed by atoms with E-state index < -0.39 is 11.7 Å². The van der Waals surface area contributed by atoms with Crippen molar-refractivity contribution in [2.75, 3.05) is 49.7 Å². The van der Waals surface area contributed by atoms with Crippen LogP contribution in [0.1, 0.15) is 35.7 Å². The predicted molar refractivity (Wildman–Crippen MR) is 131 cm³/mol. The molecule has 3 aliphatic rings. The van der Waals surface area contributed by atoms with Gasteiger partial charge >= 0.3 is 6.18 Å². The van der Waals surface area contributed by atoms with Crippen LogP contribution in [-0.4, -0.2) is 59.5 Å². The number of hydrogen-bond acceptors (Lipinski definition) is 6. The number of likely N-dealkylation sites (N-methyl/N-ethyl adjacent to an activating group) is 1. The Bertz CT molecular complexity index is 1280. The maximum Gasteiger partial charge on any atom is 0.417 e. The van der Waals surface area contributed by atoms with Crippen molar-refractivity contribution in [1.29, 1.82) is 0 Å². The van der Waals surface area contributed by atoms with Gasteiger partial charge < -0.3 is 19.9 Å². The Morgan fingerprint density at radius 3 is 2.61 bits per heavy atom. The molecule has 2 aromatic heterocycles. The van der Waals surface area contributed by atoms with Crippen molar-refractivity contribution in [2.24, 2.45) is 7.05 Å². The van der Waals surface area contributed by atoms with E-state index in [0.717, 1.165) is 42.9 Å². The third-order valence-corrected chi connectivity index (χ3v) is 7.53. The topological polar surface area (TPSA) is 63.4 Å². The van der Waals surface area contributed by atoms with Gasteiger partial charge in [-0.25, -0.2) is 0 Å². The van der Waals surface area contributed by atoms with Crippen molar-refractivity contribution in [3.05, 3.63) is 41.3 Å². The van der Waals surface area contributed by atoms with Gasteiger partial charge in [0.25, 0.3) is 0 Å². The molecular formula is C25H30F3N7O. The Morgan fingerprint density at radius 2 is 1.89 bits per heavy atom. The molecule has 5 heterocycles. The number of anilines is 3. The second-order valence-corrected chi connectivity index (χ2v) is 9.82. The second kappa shape index (κ2) is 8.81. The summed E-state index contributed by atoms with van der Waals surface area (Å²) >= 11 is 0. The first kappa shape index (κ1) is 23.4. The maximum atomic E-state index is 14.4. The molecule has 192 valence electrons. The molecule has 3 aromatic rings. The smallest absolute Gasteiger partial charge is 0.381 e. The number of ether oxygens (including phenoxy) is 1. The number of hydrogen-bond donors (Lipinski definition) is 1. The van der Waals surface area contributed by atoms with Gasteiger partial charge in [-0.15, -0.1) is 0 Å². The number of alkyl halides is 3. The largest absolute Gasteiger partial charge is 0.417 e. The van der Waals surface area contributed by atoms with Crippen molar-refractivity contribution in [2.45, 2.75) is 38.0 Å². The minimum Gasteiger partial charge on any atom is -0.381 e. The predicted octanol–water partition coefficient (Wildman–Crippen LogP) is 3.89. The molecule has 1 aromatic carbocycles. The van der Waals surface area contributed by atoms with Crippen molar-refractivity contribution < 1.29 is 17.9 Å². The zero-order valence-corrected chi connectivity index (χ0v) is 20.5. The van der Waals surface area contributed by atoms with Gasteiger partial charge in [0.05, 0.1) is 29.2 Å². The second-order valence-electron chi connectivity index (χ2n) is 9.82. The summed E-state index contributed by atoms with van der Waals surface area (Å²) < 4.78 is 52.3. The highest BCUT2D eigenvalue weighted by Crippen LogP contribution is 2.47. The average Bonchev–Trinajstić information content (AvgIpc) is 3.48. The molecule has 8 nitrogen and oxygen atoms in total. The normalized spacial score (nSPS) is 18.9.